The Kier molecular flexibility index (Phi) is 4.73. The molecule has 1 fully saturated rings. The summed E-state index contributed by atoms with van der Waals surface area (Å²) in [4.78, 5) is 25.3. The van der Waals surface area contributed by atoms with Gasteiger partial charge in [-0.05, 0) is 32.9 Å². The first kappa shape index (κ1) is 14.5. The fraction of sp³-hybridized carbons (Fsp3) is 0.615. The van der Waals surface area contributed by atoms with E-state index in [1.807, 2.05) is 4.90 Å². The molecule has 0 saturated carbocycles. The highest BCUT2D eigenvalue weighted by atomic mass is 16.5. The predicted octanol–water partition coefficient (Wildman–Crippen LogP) is 0.807. The summed E-state index contributed by atoms with van der Waals surface area (Å²) in [5.41, 5.74) is 0. The van der Waals surface area contributed by atoms with E-state index in [1.165, 1.54) is 7.11 Å². The number of rotatable bonds is 4. The van der Waals surface area contributed by atoms with Crippen LogP contribution in [0.2, 0.25) is 0 Å². The molecule has 1 aliphatic rings. The Bertz CT molecular complexity index is 478. The normalized spacial score (nSPS) is 16.9. The predicted molar refractivity (Wildman–Crippen MR) is 71.0 cm³/mol. The molecule has 110 valence electrons. The zero-order chi connectivity index (χ0) is 14.5. The van der Waals surface area contributed by atoms with Crippen molar-refractivity contribution in [2.45, 2.75) is 19.8 Å². The number of likely N-dealkylation sites (tertiary alicyclic amines) is 1. The van der Waals surface area contributed by atoms with E-state index in [-0.39, 0.29) is 17.8 Å². The second kappa shape index (κ2) is 6.51. The Labute approximate surface area is 117 Å². The number of esters is 1. The Morgan fingerprint density at radius 2 is 2.20 bits per heavy atom. The Morgan fingerprint density at radius 1 is 1.50 bits per heavy atom. The third-order valence-corrected chi connectivity index (χ3v) is 3.38. The topological polar surface area (TPSA) is 84.7 Å². The van der Waals surface area contributed by atoms with Gasteiger partial charge in [0.05, 0.1) is 19.6 Å². The zero-order valence-electron chi connectivity index (χ0n) is 11.7. The van der Waals surface area contributed by atoms with E-state index in [2.05, 4.69) is 10.5 Å². The van der Waals surface area contributed by atoms with Crippen molar-refractivity contribution < 1.29 is 18.8 Å². The lowest BCUT2D eigenvalue weighted by atomic mass is 9.97. The first-order valence-corrected chi connectivity index (χ1v) is 6.62. The van der Waals surface area contributed by atoms with Gasteiger partial charge in [0.15, 0.2) is 5.82 Å². The van der Waals surface area contributed by atoms with Gasteiger partial charge in [0.25, 0.3) is 0 Å². The van der Waals surface area contributed by atoms with Crippen LogP contribution in [0.4, 0.5) is 5.82 Å². The summed E-state index contributed by atoms with van der Waals surface area (Å²) in [7, 11) is 1.40. The molecule has 0 atom stereocenters. The molecule has 1 aromatic heterocycles. The van der Waals surface area contributed by atoms with Gasteiger partial charge in [0.1, 0.15) is 5.76 Å². The van der Waals surface area contributed by atoms with Crippen molar-refractivity contribution in [2.24, 2.45) is 5.92 Å². The SMILES string of the molecule is COC(=O)C1CCN(CC(=O)Nc2cc(C)on2)CC1. The van der Waals surface area contributed by atoms with Crippen LogP contribution >= 0.6 is 0 Å². The summed E-state index contributed by atoms with van der Waals surface area (Å²) < 4.78 is 9.61. The second-order valence-corrected chi connectivity index (χ2v) is 4.94. The molecule has 1 aliphatic heterocycles. The molecule has 0 unspecified atom stereocenters. The number of amides is 1. The Morgan fingerprint density at radius 3 is 2.75 bits per heavy atom. The number of hydrogen-bond donors (Lipinski definition) is 1. The van der Waals surface area contributed by atoms with Crippen molar-refractivity contribution in [3.8, 4) is 0 Å². The van der Waals surface area contributed by atoms with Gasteiger partial charge in [-0.3, -0.25) is 14.5 Å². The van der Waals surface area contributed by atoms with Crippen LogP contribution in [0.3, 0.4) is 0 Å². The highest BCUT2D eigenvalue weighted by Crippen LogP contribution is 2.18. The van der Waals surface area contributed by atoms with Crippen molar-refractivity contribution >= 4 is 17.7 Å². The molecule has 0 aromatic carbocycles. The number of carbonyl (C=O) groups excluding carboxylic acids is 2. The van der Waals surface area contributed by atoms with Gasteiger partial charge in [-0.15, -0.1) is 0 Å². The van der Waals surface area contributed by atoms with Crippen molar-refractivity contribution in [3.05, 3.63) is 11.8 Å². The van der Waals surface area contributed by atoms with Crippen LogP contribution in [0.25, 0.3) is 0 Å². The summed E-state index contributed by atoms with van der Waals surface area (Å²) in [5, 5.41) is 6.39. The average molecular weight is 281 g/mol. The molecule has 2 rings (SSSR count). The lowest BCUT2D eigenvalue weighted by Gasteiger charge is -2.29. The number of aromatic nitrogens is 1. The third-order valence-electron chi connectivity index (χ3n) is 3.38. The van der Waals surface area contributed by atoms with E-state index < -0.39 is 0 Å². The molecule has 1 N–H and O–H groups in total. The number of aryl methyl sites for hydroxylation is 1. The number of hydrogen-bond acceptors (Lipinski definition) is 6. The lowest BCUT2D eigenvalue weighted by molar-refractivity contribution is -0.147. The summed E-state index contributed by atoms with van der Waals surface area (Å²) in [6.07, 6.45) is 1.45. The van der Waals surface area contributed by atoms with Gasteiger partial charge in [0.2, 0.25) is 5.91 Å². The molecule has 0 spiro atoms. The van der Waals surface area contributed by atoms with Crippen LogP contribution in [0, 0.1) is 12.8 Å². The molecule has 1 amide bonds. The summed E-state index contributed by atoms with van der Waals surface area (Å²) in [5.74, 6) is 0.746. The van der Waals surface area contributed by atoms with Gasteiger partial charge in [-0.2, -0.15) is 0 Å². The van der Waals surface area contributed by atoms with Crippen molar-refractivity contribution in [1.82, 2.24) is 10.1 Å². The highest BCUT2D eigenvalue weighted by molar-refractivity contribution is 5.91. The maximum Gasteiger partial charge on any atom is 0.308 e. The highest BCUT2D eigenvalue weighted by Gasteiger charge is 2.26. The molecule has 0 bridgehead atoms. The maximum absolute atomic E-state index is 11.8. The van der Waals surface area contributed by atoms with Crippen LogP contribution < -0.4 is 5.32 Å². The summed E-state index contributed by atoms with van der Waals surface area (Å²) >= 11 is 0. The Hall–Kier alpha value is -1.89. The minimum absolute atomic E-state index is 0.0440. The fourth-order valence-corrected chi connectivity index (χ4v) is 2.30. The van der Waals surface area contributed by atoms with E-state index in [1.54, 1.807) is 13.0 Å². The molecular formula is C13H19N3O4. The smallest absolute Gasteiger partial charge is 0.308 e. The van der Waals surface area contributed by atoms with E-state index >= 15 is 0 Å². The quantitative estimate of drug-likeness (QED) is 0.822. The van der Waals surface area contributed by atoms with Crippen LogP contribution in [0.15, 0.2) is 10.6 Å². The second-order valence-electron chi connectivity index (χ2n) is 4.94. The minimum atomic E-state index is -0.160. The number of nitrogens with zero attached hydrogens (tertiary/aromatic N) is 2. The minimum Gasteiger partial charge on any atom is -0.469 e. The van der Waals surface area contributed by atoms with Gasteiger partial charge in [0, 0.05) is 6.07 Å². The fourth-order valence-electron chi connectivity index (χ4n) is 2.30. The number of methoxy groups -OCH3 is 1. The van der Waals surface area contributed by atoms with Gasteiger partial charge < -0.3 is 14.6 Å². The van der Waals surface area contributed by atoms with E-state index in [9.17, 15) is 9.59 Å². The largest absolute Gasteiger partial charge is 0.469 e. The van der Waals surface area contributed by atoms with Crippen LogP contribution in [-0.4, -0.2) is 48.7 Å². The number of carbonyl (C=O) groups is 2. The van der Waals surface area contributed by atoms with Gasteiger partial charge in [-0.1, -0.05) is 5.16 Å². The molecule has 0 aliphatic carbocycles. The first-order valence-electron chi connectivity index (χ1n) is 6.62. The van der Waals surface area contributed by atoms with Gasteiger partial charge >= 0.3 is 5.97 Å². The number of ether oxygens (including phenoxy) is 1. The van der Waals surface area contributed by atoms with Crippen molar-refractivity contribution in [2.75, 3.05) is 32.1 Å². The molecule has 7 heteroatoms. The molecule has 0 radical (unpaired) electrons. The lowest BCUT2D eigenvalue weighted by Crippen LogP contribution is -2.41. The molecular weight excluding hydrogens is 262 g/mol. The zero-order valence-corrected chi connectivity index (χ0v) is 11.7. The van der Waals surface area contributed by atoms with Gasteiger partial charge in [-0.25, -0.2) is 0 Å². The molecule has 20 heavy (non-hydrogen) atoms. The van der Waals surface area contributed by atoms with E-state index in [0.717, 1.165) is 12.8 Å². The number of anilines is 1. The standard InChI is InChI=1S/C13H19N3O4/c1-9-7-11(15-20-9)14-12(17)8-16-5-3-10(4-6-16)13(18)19-2/h7,10H,3-6,8H2,1-2H3,(H,14,15,17). The summed E-state index contributed by atoms with van der Waals surface area (Å²) in [6, 6.07) is 1.67. The molecule has 7 nitrogen and oxygen atoms in total. The van der Waals surface area contributed by atoms with E-state index in [0.29, 0.717) is 31.2 Å². The maximum atomic E-state index is 11.8. The number of piperidine rings is 1. The molecule has 1 saturated heterocycles. The third kappa shape index (κ3) is 3.80. The average Bonchev–Trinajstić information content (AvgIpc) is 2.84. The Balaban J connectivity index is 1.75. The van der Waals surface area contributed by atoms with E-state index in [4.69, 9.17) is 9.26 Å². The van der Waals surface area contributed by atoms with Crippen LogP contribution in [0.1, 0.15) is 18.6 Å². The number of nitrogens with one attached hydrogen (secondary N) is 1. The van der Waals surface area contributed by atoms with Crippen LogP contribution in [0.5, 0.6) is 0 Å². The molecule has 2 heterocycles. The van der Waals surface area contributed by atoms with Crippen LogP contribution in [-0.2, 0) is 14.3 Å². The summed E-state index contributed by atoms with van der Waals surface area (Å²) in [6.45, 7) is 3.48. The monoisotopic (exact) mass is 281 g/mol. The molecule has 1 aromatic rings. The van der Waals surface area contributed by atoms with Crippen molar-refractivity contribution in [3.63, 3.8) is 0 Å². The first-order chi connectivity index (χ1) is 9.58. The van der Waals surface area contributed by atoms with Crippen molar-refractivity contribution in [1.29, 1.82) is 0 Å².